The zero-order valence-corrected chi connectivity index (χ0v) is 23.0. The highest BCUT2D eigenvalue weighted by Gasteiger charge is 1.95. The Balaban J connectivity index is 3.06. The lowest BCUT2D eigenvalue weighted by molar-refractivity contribution is 0.533. The predicted octanol–water partition coefficient (Wildman–Crippen LogP) is 12.5. The highest BCUT2D eigenvalue weighted by Crippen LogP contribution is 2.14. The van der Waals surface area contributed by atoms with Crippen molar-refractivity contribution in [3.63, 3.8) is 0 Å². The minimum Gasteiger partial charge on any atom is -0.0885 e. The van der Waals surface area contributed by atoms with Gasteiger partial charge in [0.1, 0.15) is 0 Å². The zero-order chi connectivity index (χ0) is 23.2. The molecule has 0 aromatic heterocycles. The molecule has 0 N–H and O–H groups in total. The lowest BCUT2D eigenvalue weighted by Gasteiger charge is -2.03. The van der Waals surface area contributed by atoms with Gasteiger partial charge in [0.2, 0.25) is 0 Å². The Hall–Kier alpha value is -0.260. The number of unbranched alkanes of at least 4 members (excludes halogenated alkanes) is 26. The molecule has 0 heteroatoms. The molecule has 0 unspecified atom stereocenters. The highest BCUT2D eigenvalue weighted by atomic mass is 14.0. The van der Waals surface area contributed by atoms with Crippen LogP contribution in [0.2, 0.25) is 0 Å². The summed E-state index contributed by atoms with van der Waals surface area (Å²) >= 11 is 0. The van der Waals surface area contributed by atoms with Gasteiger partial charge in [-0.05, 0) is 25.7 Å². The molecule has 0 aliphatic carbocycles. The van der Waals surface area contributed by atoms with E-state index in [1.807, 2.05) is 0 Å². The minimum absolute atomic E-state index is 1.32. The van der Waals surface area contributed by atoms with Gasteiger partial charge in [0, 0.05) is 0 Å². The Morgan fingerprint density at radius 3 is 0.656 bits per heavy atom. The summed E-state index contributed by atoms with van der Waals surface area (Å²) in [6.07, 6.45) is 45.4. The third-order valence-electron chi connectivity index (χ3n) is 7.12. The Bertz CT molecular complexity index is 329. The molecule has 0 amide bonds. The first-order valence-corrected chi connectivity index (χ1v) is 15.6. The fraction of sp³-hybridized carbons (Fsp3) is 0.938. The van der Waals surface area contributed by atoms with Crippen molar-refractivity contribution < 1.29 is 0 Å². The SMILES string of the molecule is CCCCCCCCCCCCCC=CCCCCCCCCCCCCCCCCC. The molecule has 0 heterocycles. The molecule has 0 spiro atoms. The van der Waals surface area contributed by atoms with Crippen LogP contribution in [-0.2, 0) is 0 Å². The van der Waals surface area contributed by atoms with Gasteiger partial charge < -0.3 is 0 Å². The van der Waals surface area contributed by atoms with Crippen molar-refractivity contribution in [1.29, 1.82) is 0 Å². The van der Waals surface area contributed by atoms with Crippen molar-refractivity contribution in [3.8, 4) is 0 Å². The molecule has 0 aromatic carbocycles. The predicted molar refractivity (Wildman–Crippen MR) is 150 cm³/mol. The molecule has 0 fully saturated rings. The summed E-state index contributed by atoms with van der Waals surface area (Å²) in [6, 6.07) is 0. The van der Waals surface area contributed by atoms with Crippen LogP contribution in [0.25, 0.3) is 0 Å². The smallest absolute Gasteiger partial charge is 0.0351 e. The maximum atomic E-state index is 2.46. The molecule has 0 nitrogen and oxygen atoms in total. The molecular weight excluding hydrogens is 384 g/mol. The van der Waals surface area contributed by atoms with Crippen LogP contribution in [0.15, 0.2) is 12.2 Å². The van der Waals surface area contributed by atoms with E-state index >= 15 is 0 Å². The van der Waals surface area contributed by atoms with Gasteiger partial charge in [-0.3, -0.25) is 0 Å². The molecule has 0 aromatic rings. The molecule has 0 atom stereocenters. The molecule has 0 aliphatic rings. The summed E-state index contributed by atoms with van der Waals surface area (Å²) in [5.74, 6) is 0. The Morgan fingerprint density at radius 2 is 0.438 bits per heavy atom. The Kier molecular flexibility index (Phi) is 30.5. The van der Waals surface area contributed by atoms with Crippen LogP contribution in [0.5, 0.6) is 0 Å². The van der Waals surface area contributed by atoms with E-state index in [-0.39, 0.29) is 0 Å². The van der Waals surface area contributed by atoms with Crippen molar-refractivity contribution in [2.75, 3.05) is 0 Å². The van der Waals surface area contributed by atoms with E-state index in [1.165, 1.54) is 180 Å². The maximum absolute atomic E-state index is 2.46. The van der Waals surface area contributed by atoms with Gasteiger partial charge >= 0.3 is 0 Å². The van der Waals surface area contributed by atoms with Crippen molar-refractivity contribution in [3.05, 3.63) is 12.2 Å². The van der Waals surface area contributed by atoms with Gasteiger partial charge in [0.15, 0.2) is 0 Å². The molecule has 0 rings (SSSR count). The third-order valence-corrected chi connectivity index (χ3v) is 7.12. The largest absolute Gasteiger partial charge is 0.0885 e. The van der Waals surface area contributed by atoms with Crippen molar-refractivity contribution in [2.24, 2.45) is 0 Å². The minimum atomic E-state index is 1.32. The average molecular weight is 449 g/mol. The van der Waals surface area contributed by atoms with Gasteiger partial charge in [-0.1, -0.05) is 180 Å². The summed E-state index contributed by atoms with van der Waals surface area (Å²) in [7, 11) is 0. The number of hydrogen-bond acceptors (Lipinski definition) is 0. The van der Waals surface area contributed by atoms with Crippen LogP contribution in [0, 0.1) is 0 Å². The second-order valence-corrected chi connectivity index (χ2v) is 10.5. The molecule has 0 saturated carbocycles. The number of rotatable bonds is 28. The zero-order valence-electron chi connectivity index (χ0n) is 23.0. The lowest BCUT2D eigenvalue weighted by Crippen LogP contribution is -1.83. The molecular formula is C32H64. The fourth-order valence-corrected chi connectivity index (χ4v) is 4.80. The highest BCUT2D eigenvalue weighted by molar-refractivity contribution is 4.81. The summed E-state index contributed by atoms with van der Waals surface area (Å²) < 4.78 is 0. The monoisotopic (exact) mass is 449 g/mol. The molecule has 32 heavy (non-hydrogen) atoms. The first-order valence-electron chi connectivity index (χ1n) is 15.6. The van der Waals surface area contributed by atoms with E-state index in [0.717, 1.165) is 0 Å². The Labute approximate surface area is 205 Å². The van der Waals surface area contributed by atoms with Gasteiger partial charge in [-0.15, -0.1) is 0 Å². The molecule has 0 bridgehead atoms. The van der Waals surface area contributed by atoms with Gasteiger partial charge in [-0.25, -0.2) is 0 Å². The second kappa shape index (κ2) is 30.7. The van der Waals surface area contributed by atoms with E-state index in [0.29, 0.717) is 0 Å². The molecule has 0 radical (unpaired) electrons. The summed E-state index contributed by atoms with van der Waals surface area (Å²) in [4.78, 5) is 0. The van der Waals surface area contributed by atoms with Crippen LogP contribution in [-0.4, -0.2) is 0 Å². The second-order valence-electron chi connectivity index (χ2n) is 10.5. The molecule has 192 valence electrons. The van der Waals surface area contributed by atoms with Crippen LogP contribution in [0.4, 0.5) is 0 Å². The van der Waals surface area contributed by atoms with Crippen LogP contribution in [0.3, 0.4) is 0 Å². The third kappa shape index (κ3) is 29.7. The van der Waals surface area contributed by atoms with Crippen LogP contribution in [0.1, 0.15) is 194 Å². The van der Waals surface area contributed by atoms with Gasteiger partial charge in [0.05, 0.1) is 0 Å². The summed E-state index contributed by atoms with van der Waals surface area (Å²) in [5, 5.41) is 0. The lowest BCUT2D eigenvalue weighted by atomic mass is 10.0. The topological polar surface area (TPSA) is 0 Å². The molecule has 0 saturated heterocycles. The van der Waals surface area contributed by atoms with Crippen LogP contribution >= 0.6 is 0 Å². The van der Waals surface area contributed by atoms with E-state index in [1.54, 1.807) is 0 Å². The van der Waals surface area contributed by atoms with Gasteiger partial charge in [-0.2, -0.15) is 0 Å². The number of hydrogen-bond donors (Lipinski definition) is 0. The number of allylic oxidation sites excluding steroid dienone is 2. The van der Waals surface area contributed by atoms with E-state index in [4.69, 9.17) is 0 Å². The fourth-order valence-electron chi connectivity index (χ4n) is 4.80. The van der Waals surface area contributed by atoms with E-state index < -0.39 is 0 Å². The first kappa shape index (κ1) is 31.7. The standard InChI is InChI=1S/C32H64/c1-3-5-7-9-11-13-15-17-19-21-23-25-27-29-31-32-30-28-26-24-22-20-18-16-14-12-10-8-6-4-2/h27,29H,3-26,28,30-32H2,1-2H3. The van der Waals surface area contributed by atoms with Crippen molar-refractivity contribution in [1.82, 2.24) is 0 Å². The Morgan fingerprint density at radius 1 is 0.250 bits per heavy atom. The summed E-state index contributed by atoms with van der Waals surface area (Å²) in [6.45, 7) is 4.61. The maximum Gasteiger partial charge on any atom is -0.0351 e. The molecule has 0 aliphatic heterocycles. The van der Waals surface area contributed by atoms with E-state index in [9.17, 15) is 0 Å². The first-order chi connectivity index (χ1) is 15.9. The van der Waals surface area contributed by atoms with Crippen LogP contribution < -0.4 is 0 Å². The summed E-state index contributed by atoms with van der Waals surface area (Å²) in [5.41, 5.74) is 0. The van der Waals surface area contributed by atoms with Crippen molar-refractivity contribution in [2.45, 2.75) is 194 Å². The van der Waals surface area contributed by atoms with E-state index in [2.05, 4.69) is 26.0 Å². The van der Waals surface area contributed by atoms with Crippen molar-refractivity contribution >= 4 is 0 Å². The average Bonchev–Trinajstić information content (AvgIpc) is 2.81. The normalized spacial score (nSPS) is 11.7. The quantitative estimate of drug-likeness (QED) is 0.0824. The van der Waals surface area contributed by atoms with Gasteiger partial charge in [0.25, 0.3) is 0 Å².